The molecule has 0 aliphatic rings. The number of aliphatic hydroxyl groups is 1. The number of phenolic OH excluding ortho intramolecular Hbond substituents is 1. The van der Waals surface area contributed by atoms with E-state index >= 15 is 0 Å². The lowest BCUT2D eigenvalue weighted by Crippen LogP contribution is -2.58. The molecule has 13 nitrogen and oxygen atoms in total. The Labute approximate surface area is 217 Å². The molecule has 1 aromatic heterocycles. The van der Waals surface area contributed by atoms with Gasteiger partial charge in [-0.05, 0) is 36.1 Å². The zero-order chi connectivity index (χ0) is 27.4. The van der Waals surface area contributed by atoms with Crippen LogP contribution >= 0.6 is 11.8 Å². The Kier molecular flexibility index (Phi) is 11.9. The summed E-state index contributed by atoms with van der Waals surface area (Å²) in [5, 5.41) is 35.7. The molecule has 202 valence electrons. The molecule has 9 N–H and O–H groups in total. The topological polar surface area (TPSA) is 220 Å². The minimum Gasteiger partial charge on any atom is -0.508 e. The second-order valence-corrected chi connectivity index (χ2v) is 9.23. The number of benzene rings is 1. The third-order valence-electron chi connectivity index (χ3n) is 5.38. The zero-order valence-corrected chi connectivity index (χ0v) is 21.0. The van der Waals surface area contributed by atoms with E-state index in [4.69, 9.17) is 5.73 Å². The molecule has 37 heavy (non-hydrogen) atoms. The highest BCUT2D eigenvalue weighted by molar-refractivity contribution is 7.98. The number of imidazole rings is 1. The largest absolute Gasteiger partial charge is 0.508 e. The zero-order valence-electron chi connectivity index (χ0n) is 20.2. The highest BCUT2D eigenvalue weighted by Crippen LogP contribution is 2.12. The number of rotatable bonds is 15. The van der Waals surface area contributed by atoms with E-state index < -0.39 is 54.5 Å². The van der Waals surface area contributed by atoms with Crippen LogP contribution in [0.25, 0.3) is 0 Å². The fourth-order valence-electron chi connectivity index (χ4n) is 3.30. The standard InChI is InChI=1S/C23H32N6O7S/c1-37-7-6-17(23(35)36)27-22(34)19(9-14-10-25-12-26-14)29-21(33)18(28-20(32)16(24)11-30)8-13-2-4-15(31)5-3-13/h2-5,10,12,16-19,30-31H,6-9,11,24H2,1H3,(H,25,26)(H,27,34)(H,28,32)(H,29,33)(H,35,36). The molecule has 0 bridgehead atoms. The van der Waals surface area contributed by atoms with Crippen LogP contribution in [0.3, 0.4) is 0 Å². The van der Waals surface area contributed by atoms with Crippen LogP contribution in [0.2, 0.25) is 0 Å². The van der Waals surface area contributed by atoms with Crippen LogP contribution in [-0.2, 0) is 32.0 Å². The number of nitrogens with two attached hydrogens (primary N) is 1. The van der Waals surface area contributed by atoms with Crippen molar-refractivity contribution in [1.29, 1.82) is 0 Å². The number of aromatic nitrogens is 2. The number of carboxylic acid groups (broad SMARTS) is 1. The Bertz CT molecular complexity index is 1030. The van der Waals surface area contributed by atoms with Crippen LogP contribution in [-0.4, -0.2) is 91.8 Å². The Hall–Kier alpha value is -3.62. The van der Waals surface area contributed by atoms with Crippen molar-refractivity contribution in [3.05, 3.63) is 48.0 Å². The second kappa shape index (κ2) is 14.8. The second-order valence-electron chi connectivity index (χ2n) is 8.24. The van der Waals surface area contributed by atoms with Gasteiger partial charge in [-0.15, -0.1) is 0 Å². The molecule has 4 atom stereocenters. The lowest BCUT2D eigenvalue weighted by atomic mass is 10.0. The summed E-state index contributed by atoms with van der Waals surface area (Å²) in [4.78, 5) is 57.1. The van der Waals surface area contributed by atoms with E-state index in [1.165, 1.54) is 36.4 Å². The minimum absolute atomic E-state index is 0.0140. The Morgan fingerprint density at radius 2 is 1.59 bits per heavy atom. The Morgan fingerprint density at radius 3 is 2.14 bits per heavy atom. The number of phenols is 1. The smallest absolute Gasteiger partial charge is 0.326 e. The third kappa shape index (κ3) is 9.74. The van der Waals surface area contributed by atoms with Crippen molar-refractivity contribution in [2.45, 2.75) is 43.4 Å². The summed E-state index contributed by atoms with van der Waals surface area (Å²) in [6.07, 6.45) is 4.82. The number of nitrogens with one attached hydrogen (secondary N) is 4. The van der Waals surface area contributed by atoms with E-state index in [9.17, 15) is 34.5 Å². The predicted molar refractivity (Wildman–Crippen MR) is 136 cm³/mol. The number of carbonyl (C=O) groups is 4. The van der Waals surface area contributed by atoms with Gasteiger partial charge in [-0.3, -0.25) is 14.4 Å². The third-order valence-corrected chi connectivity index (χ3v) is 6.02. The van der Waals surface area contributed by atoms with E-state index in [1.54, 1.807) is 12.1 Å². The molecule has 1 aromatic carbocycles. The molecule has 0 fully saturated rings. The summed E-state index contributed by atoms with van der Waals surface area (Å²) in [5.74, 6) is -2.92. The summed E-state index contributed by atoms with van der Waals surface area (Å²) in [7, 11) is 0. The fraction of sp³-hybridized carbons (Fsp3) is 0.435. The molecule has 2 rings (SSSR count). The molecule has 3 amide bonds. The number of nitrogens with zero attached hydrogens (tertiary/aromatic N) is 1. The van der Waals surface area contributed by atoms with Crippen molar-refractivity contribution >= 4 is 35.5 Å². The SMILES string of the molecule is CSCCC(NC(=O)C(Cc1cnc[nH]1)NC(=O)C(Cc1ccc(O)cc1)NC(=O)C(N)CO)C(=O)O. The van der Waals surface area contributed by atoms with Gasteiger partial charge in [0.25, 0.3) is 0 Å². The van der Waals surface area contributed by atoms with E-state index in [1.807, 2.05) is 6.26 Å². The lowest BCUT2D eigenvalue weighted by molar-refractivity contribution is -0.142. The molecule has 0 aliphatic heterocycles. The minimum atomic E-state index is -1.27. The molecule has 1 heterocycles. The van der Waals surface area contributed by atoms with Gasteiger partial charge < -0.3 is 42.0 Å². The van der Waals surface area contributed by atoms with Gasteiger partial charge in [0.1, 0.15) is 29.9 Å². The van der Waals surface area contributed by atoms with Gasteiger partial charge in [0, 0.05) is 24.7 Å². The maximum atomic E-state index is 13.3. The van der Waals surface area contributed by atoms with Gasteiger partial charge >= 0.3 is 5.97 Å². The van der Waals surface area contributed by atoms with Gasteiger partial charge in [0.05, 0.1) is 12.9 Å². The van der Waals surface area contributed by atoms with E-state index in [-0.39, 0.29) is 25.0 Å². The first-order valence-electron chi connectivity index (χ1n) is 11.4. The summed E-state index contributed by atoms with van der Waals surface area (Å²) >= 11 is 1.43. The Morgan fingerprint density at radius 1 is 1.00 bits per heavy atom. The summed E-state index contributed by atoms with van der Waals surface area (Å²) < 4.78 is 0. The summed E-state index contributed by atoms with van der Waals surface area (Å²) in [6.45, 7) is -0.642. The molecule has 4 unspecified atom stereocenters. The number of aliphatic carboxylic acids is 1. The van der Waals surface area contributed by atoms with Crippen LogP contribution in [0.5, 0.6) is 5.75 Å². The number of aliphatic hydroxyl groups excluding tert-OH is 1. The summed E-state index contributed by atoms with van der Waals surface area (Å²) in [6, 6.07) is 1.13. The van der Waals surface area contributed by atoms with Crippen molar-refractivity contribution in [3.8, 4) is 5.75 Å². The number of amides is 3. The van der Waals surface area contributed by atoms with Gasteiger partial charge in [-0.25, -0.2) is 9.78 Å². The molecule has 14 heteroatoms. The van der Waals surface area contributed by atoms with Crippen molar-refractivity contribution in [2.24, 2.45) is 5.73 Å². The maximum absolute atomic E-state index is 13.3. The fourth-order valence-corrected chi connectivity index (χ4v) is 3.77. The number of H-pyrrole nitrogens is 1. The number of aromatic amines is 1. The quantitative estimate of drug-likeness (QED) is 0.132. The van der Waals surface area contributed by atoms with Gasteiger partial charge in [0.2, 0.25) is 17.7 Å². The normalized spacial score (nSPS) is 14.1. The van der Waals surface area contributed by atoms with Crippen LogP contribution in [0.4, 0.5) is 0 Å². The van der Waals surface area contributed by atoms with E-state index in [0.29, 0.717) is 17.0 Å². The molecule has 2 aromatic rings. The average Bonchev–Trinajstić information content (AvgIpc) is 3.39. The van der Waals surface area contributed by atoms with Gasteiger partial charge in [-0.2, -0.15) is 11.8 Å². The van der Waals surface area contributed by atoms with E-state index in [0.717, 1.165) is 0 Å². The van der Waals surface area contributed by atoms with Crippen LogP contribution < -0.4 is 21.7 Å². The molecular formula is C23H32N6O7S. The number of thioether (sulfide) groups is 1. The first kappa shape index (κ1) is 29.6. The van der Waals surface area contributed by atoms with Crippen LogP contribution in [0.1, 0.15) is 17.7 Å². The monoisotopic (exact) mass is 536 g/mol. The van der Waals surface area contributed by atoms with Crippen molar-refractivity contribution in [2.75, 3.05) is 18.6 Å². The average molecular weight is 537 g/mol. The van der Waals surface area contributed by atoms with Crippen molar-refractivity contribution in [1.82, 2.24) is 25.9 Å². The highest BCUT2D eigenvalue weighted by atomic mass is 32.2. The summed E-state index contributed by atoms with van der Waals surface area (Å²) in [5.41, 5.74) is 6.68. The first-order valence-corrected chi connectivity index (χ1v) is 12.8. The molecular weight excluding hydrogens is 504 g/mol. The molecule has 0 spiro atoms. The first-order chi connectivity index (χ1) is 17.6. The number of carboxylic acids is 1. The highest BCUT2D eigenvalue weighted by Gasteiger charge is 2.30. The number of hydrogen-bond donors (Lipinski definition) is 8. The molecule has 0 radical (unpaired) electrons. The van der Waals surface area contributed by atoms with Crippen LogP contribution in [0.15, 0.2) is 36.8 Å². The Balaban J connectivity index is 2.26. The predicted octanol–water partition coefficient (Wildman–Crippen LogP) is -1.49. The van der Waals surface area contributed by atoms with Gasteiger partial charge in [0.15, 0.2) is 0 Å². The molecule has 0 saturated heterocycles. The molecule has 0 saturated carbocycles. The van der Waals surface area contributed by atoms with E-state index in [2.05, 4.69) is 25.9 Å². The van der Waals surface area contributed by atoms with Gasteiger partial charge in [-0.1, -0.05) is 12.1 Å². The maximum Gasteiger partial charge on any atom is 0.326 e. The van der Waals surface area contributed by atoms with Crippen molar-refractivity contribution in [3.63, 3.8) is 0 Å². The van der Waals surface area contributed by atoms with Crippen molar-refractivity contribution < 1.29 is 34.5 Å². The lowest BCUT2D eigenvalue weighted by Gasteiger charge is -2.25. The number of hydrogen-bond acceptors (Lipinski definition) is 9. The molecule has 0 aliphatic carbocycles. The number of aromatic hydroxyl groups is 1. The van der Waals surface area contributed by atoms with Crippen LogP contribution in [0, 0.1) is 0 Å². The number of carbonyl (C=O) groups excluding carboxylic acids is 3.